The van der Waals surface area contributed by atoms with Crippen molar-refractivity contribution >= 4 is 20.4 Å². The van der Waals surface area contributed by atoms with Crippen molar-refractivity contribution in [2.24, 2.45) is 0 Å². The average Bonchev–Trinajstić information content (AvgIpc) is 2.92. The van der Waals surface area contributed by atoms with E-state index < -0.39 is 20.4 Å². The lowest BCUT2D eigenvalue weighted by Crippen LogP contribution is -2.19. The molecule has 41 heavy (non-hydrogen) atoms. The Morgan fingerprint density at radius 3 is 1.10 bits per heavy atom. The maximum atomic E-state index is 14.9. The largest absolute Gasteiger partial charge is 0.307 e. The standard InChI is InChI=1S/C36H44O3S2/c1-24(2)30-22-34(25(3)4)36(35(23-30)26(5)6)41(37,38)39-40(31-16-10-27(7)11-17-31,32-18-12-28(8)13-19-32)33-20-14-29(9)15-21-33/h10-26H,1-9H3. The van der Waals surface area contributed by atoms with Crippen LogP contribution in [0.15, 0.2) is 105 Å². The Hall–Kier alpha value is -2.86. The number of hydrogen-bond donors (Lipinski definition) is 0. The van der Waals surface area contributed by atoms with Crippen molar-refractivity contribution in [1.29, 1.82) is 0 Å². The monoisotopic (exact) mass is 588 g/mol. The summed E-state index contributed by atoms with van der Waals surface area (Å²) in [4.78, 5) is 2.84. The van der Waals surface area contributed by atoms with Crippen molar-refractivity contribution in [2.45, 2.75) is 99.6 Å². The third kappa shape index (κ3) is 6.33. The average molecular weight is 589 g/mol. The Kier molecular flexibility index (Phi) is 9.22. The molecule has 0 bridgehead atoms. The van der Waals surface area contributed by atoms with E-state index in [2.05, 4.69) is 53.7 Å². The highest BCUT2D eigenvalue weighted by atomic mass is 32.3. The van der Waals surface area contributed by atoms with E-state index in [1.807, 2.05) is 93.6 Å². The lowest BCUT2D eigenvalue weighted by molar-refractivity contribution is 0.503. The van der Waals surface area contributed by atoms with Crippen molar-refractivity contribution in [3.05, 3.63) is 118 Å². The number of rotatable bonds is 9. The van der Waals surface area contributed by atoms with E-state index in [1.54, 1.807) is 0 Å². The molecule has 4 aromatic carbocycles. The minimum absolute atomic E-state index is 0.00194. The molecule has 4 aromatic rings. The lowest BCUT2D eigenvalue weighted by Gasteiger charge is -2.40. The van der Waals surface area contributed by atoms with Crippen LogP contribution in [-0.4, -0.2) is 8.42 Å². The van der Waals surface area contributed by atoms with Crippen LogP contribution >= 0.6 is 10.3 Å². The smallest absolute Gasteiger partial charge is 0.203 e. The maximum Gasteiger partial charge on any atom is 0.307 e. The molecule has 0 saturated heterocycles. The first kappa shape index (κ1) is 31.1. The fourth-order valence-corrected chi connectivity index (χ4v) is 10.9. The Morgan fingerprint density at radius 2 is 0.829 bits per heavy atom. The van der Waals surface area contributed by atoms with Crippen molar-refractivity contribution in [1.82, 2.24) is 0 Å². The number of aryl methyl sites for hydroxylation is 3. The maximum absolute atomic E-state index is 14.9. The van der Waals surface area contributed by atoms with Gasteiger partial charge in [0.15, 0.2) is 0 Å². The topological polar surface area (TPSA) is 43.4 Å². The van der Waals surface area contributed by atoms with E-state index in [9.17, 15) is 8.42 Å². The quantitative estimate of drug-likeness (QED) is 0.195. The molecule has 5 heteroatoms. The van der Waals surface area contributed by atoms with Crippen LogP contribution in [0.25, 0.3) is 0 Å². The summed E-state index contributed by atoms with van der Waals surface area (Å²) in [7, 11) is -6.94. The van der Waals surface area contributed by atoms with Crippen molar-refractivity contribution in [2.75, 3.05) is 0 Å². The highest BCUT2D eigenvalue weighted by molar-refractivity contribution is 8.33. The van der Waals surface area contributed by atoms with Gasteiger partial charge in [-0.2, -0.15) is 8.42 Å². The molecular weight excluding hydrogens is 545 g/mol. The molecule has 218 valence electrons. The predicted molar refractivity (Wildman–Crippen MR) is 173 cm³/mol. The molecule has 0 aromatic heterocycles. The summed E-state index contributed by atoms with van der Waals surface area (Å²) >= 11 is 0. The SMILES string of the molecule is Cc1ccc(S(OS(=O)(=O)c2c(C(C)C)cc(C(C)C)cc2C(C)C)(c2ccc(C)cc2)c2ccc(C)cc2)cc1. The molecule has 0 spiro atoms. The van der Waals surface area contributed by atoms with Gasteiger partial charge in [0.2, 0.25) is 0 Å². The second kappa shape index (κ2) is 12.2. The van der Waals surface area contributed by atoms with Crippen molar-refractivity contribution in [3.63, 3.8) is 0 Å². The van der Waals surface area contributed by atoms with Gasteiger partial charge < -0.3 is 0 Å². The van der Waals surface area contributed by atoms with Gasteiger partial charge in [0, 0.05) is 14.7 Å². The minimum Gasteiger partial charge on any atom is -0.203 e. The first-order chi connectivity index (χ1) is 19.3. The van der Waals surface area contributed by atoms with Crippen LogP contribution < -0.4 is 0 Å². The summed E-state index contributed by atoms with van der Waals surface area (Å²) < 4.78 is 36.6. The zero-order valence-corrected chi connectivity index (χ0v) is 27.5. The van der Waals surface area contributed by atoms with Gasteiger partial charge in [-0.1, -0.05) is 107 Å². The highest BCUT2D eigenvalue weighted by Gasteiger charge is 2.40. The zero-order valence-electron chi connectivity index (χ0n) is 25.9. The molecule has 0 aliphatic carbocycles. The van der Waals surface area contributed by atoms with Gasteiger partial charge in [-0.25, -0.2) is 3.63 Å². The summed E-state index contributed by atoms with van der Waals surface area (Å²) in [6, 6.07) is 28.5. The molecule has 0 amide bonds. The third-order valence-electron chi connectivity index (χ3n) is 7.58. The van der Waals surface area contributed by atoms with Gasteiger partial charge in [0.25, 0.3) is 0 Å². The third-order valence-corrected chi connectivity index (χ3v) is 12.9. The van der Waals surface area contributed by atoms with Crippen LogP contribution in [0.3, 0.4) is 0 Å². The molecule has 0 saturated carbocycles. The predicted octanol–water partition coefficient (Wildman–Crippen LogP) is 10.6. The van der Waals surface area contributed by atoms with Crippen molar-refractivity contribution < 1.29 is 12.0 Å². The molecule has 0 radical (unpaired) electrons. The van der Waals surface area contributed by atoms with E-state index in [4.69, 9.17) is 3.63 Å². The van der Waals surface area contributed by atoms with Gasteiger partial charge in [0.1, 0.15) is 4.90 Å². The molecule has 0 fully saturated rings. The first-order valence-corrected chi connectivity index (χ1v) is 17.4. The Labute approximate surface area is 249 Å². The zero-order chi connectivity index (χ0) is 30.1. The van der Waals surface area contributed by atoms with E-state index >= 15 is 0 Å². The molecular formula is C36H44O3S2. The van der Waals surface area contributed by atoms with E-state index in [-0.39, 0.29) is 17.8 Å². The van der Waals surface area contributed by atoms with E-state index in [0.717, 1.165) is 48.1 Å². The Bertz CT molecular complexity index is 1460. The summed E-state index contributed by atoms with van der Waals surface area (Å²) in [6.45, 7) is 18.6. The second-order valence-electron chi connectivity index (χ2n) is 12.0. The van der Waals surface area contributed by atoms with Crippen LogP contribution in [-0.2, 0) is 13.7 Å². The van der Waals surface area contributed by atoms with Gasteiger partial charge in [-0.05, 0) is 102 Å². The molecule has 0 aliphatic rings. The van der Waals surface area contributed by atoms with Gasteiger partial charge in [0.05, 0.1) is 0 Å². The van der Waals surface area contributed by atoms with Gasteiger partial charge in [-0.15, -0.1) is 0 Å². The Morgan fingerprint density at radius 1 is 0.512 bits per heavy atom. The molecule has 3 nitrogen and oxygen atoms in total. The van der Waals surface area contributed by atoms with Crippen LogP contribution in [0.1, 0.15) is 92.7 Å². The van der Waals surface area contributed by atoms with Gasteiger partial charge >= 0.3 is 10.1 Å². The van der Waals surface area contributed by atoms with Crippen LogP contribution in [0, 0.1) is 20.8 Å². The van der Waals surface area contributed by atoms with Crippen molar-refractivity contribution in [3.8, 4) is 0 Å². The Balaban J connectivity index is 2.10. The lowest BCUT2D eigenvalue weighted by atomic mass is 9.89. The second-order valence-corrected chi connectivity index (χ2v) is 16.4. The molecule has 0 unspecified atom stereocenters. The normalized spacial score (nSPS) is 12.9. The highest BCUT2D eigenvalue weighted by Crippen LogP contribution is 2.70. The van der Waals surface area contributed by atoms with Crippen LogP contribution in [0.4, 0.5) is 0 Å². The fourth-order valence-electron chi connectivity index (χ4n) is 5.06. The molecule has 4 rings (SSSR count). The summed E-state index contributed by atoms with van der Waals surface area (Å²) in [5, 5.41) is 0. The summed E-state index contributed by atoms with van der Waals surface area (Å²) in [6.07, 6.45) is 0. The number of hydrogen-bond acceptors (Lipinski definition) is 3. The molecule has 0 atom stereocenters. The summed E-state index contributed by atoms with van der Waals surface area (Å²) in [5.74, 6) is 0.282. The minimum atomic E-state index is -4.25. The summed E-state index contributed by atoms with van der Waals surface area (Å²) in [5.41, 5.74) is 6.07. The fraction of sp³-hybridized carbons (Fsp3) is 0.333. The molecule has 0 heterocycles. The first-order valence-electron chi connectivity index (χ1n) is 14.4. The number of benzene rings is 4. The van der Waals surface area contributed by atoms with Crippen LogP contribution in [0.5, 0.6) is 0 Å². The van der Waals surface area contributed by atoms with Crippen LogP contribution in [0.2, 0.25) is 0 Å². The molecule has 0 aliphatic heterocycles. The van der Waals surface area contributed by atoms with E-state index in [1.165, 1.54) is 0 Å². The van der Waals surface area contributed by atoms with E-state index in [0.29, 0.717) is 4.90 Å². The van der Waals surface area contributed by atoms with Gasteiger partial charge in [-0.3, -0.25) is 0 Å². The molecule has 0 N–H and O–H groups in total.